The second-order valence-corrected chi connectivity index (χ2v) is 2.40. The predicted molar refractivity (Wildman–Crippen MR) is 50.4 cm³/mol. The van der Waals surface area contributed by atoms with E-state index in [4.69, 9.17) is 5.73 Å². The van der Waals surface area contributed by atoms with Crippen molar-refractivity contribution in [3.05, 3.63) is 34.4 Å². The van der Waals surface area contributed by atoms with Crippen LogP contribution in [-0.2, 0) is 4.79 Å². The maximum atomic E-state index is 10.5. The molecule has 0 aliphatic carbocycles. The Morgan fingerprint density at radius 1 is 1.50 bits per heavy atom. The lowest BCUT2D eigenvalue weighted by atomic mass is 10.3. The minimum absolute atomic E-state index is 0.0714. The van der Waals surface area contributed by atoms with Crippen molar-refractivity contribution in [2.45, 2.75) is 0 Å². The molecule has 14 heavy (non-hydrogen) atoms. The molecule has 0 unspecified atom stereocenters. The number of para-hydroxylation sites is 2. The number of hydrogen-bond acceptors (Lipinski definition) is 4. The average Bonchev–Trinajstić information content (AvgIpc) is 2.18. The summed E-state index contributed by atoms with van der Waals surface area (Å²) in [6.07, 6.45) is 0.330. The zero-order valence-electron chi connectivity index (χ0n) is 7.08. The molecule has 0 heterocycles. The quantitative estimate of drug-likeness (QED) is 0.252. The van der Waals surface area contributed by atoms with Gasteiger partial charge in [0.1, 0.15) is 5.69 Å². The van der Waals surface area contributed by atoms with E-state index in [0.717, 1.165) is 0 Å². The maximum Gasteiger partial charge on any atom is 0.294 e. The molecule has 1 rings (SSSR count). The number of carbonyl (C=O) groups excluding carboxylic acids is 1. The fourth-order valence-corrected chi connectivity index (χ4v) is 0.879. The van der Waals surface area contributed by atoms with Gasteiger partial charge in [0.25, 0.3) is 5.69 Å². The first-order valence-electron chi connectivity index (χ1n) is 3.68. The number of nitrogens with zero attached hydrogens (tertiary/aromatic N) is 2. The number of aldehydes is 1. The summed E-state index contributed by atoms with van der Waals surface area (Å²) in [5, 5.41) is 10.5. The first-order valence-corrected chi connectivity index (χ1v) is 3.68. The number of benzene rings is 1. The predicted octanol–water partition coefficient (Wildman–Crippen LogP) is 0.782. The normalized spacial score (nSPS) is 11.0. The molecule has 1 aromatic rings. The molecule has 72 valence electrons. The van der Waals surface area contributed by atoms with Crippen LogP contribution in [0.4, 0.5) is 11.4 Å². The van der Waals surface area contributed by atoms with Crippen LogP contribution in [0.1, 0.15) is 0 Å². The summed E-state index contributed by atoms with van der Waals surface area (Å²) in [6, 6.07) is 5.78. The Kier molecular flexibility index (Phi) is 2.90. The van der Waals surface area contributed by atoms with Crippen LogP contribution in [0, 0.1) is 10.1 Å². The molecule has 2 N–H and O–H groups in total. The minimum atomic E-state index is -0.586. The van der Waals surface area contributed by atoms with E-state index in [-0.39, 0.29) is 17.2 Å². The van der Waals surface area contributed by atoms with Crippen molar-refractivity contribution in [2.24, 2.45) is 10.7 Å². The van der Waals surface area contributed by atoms with Gasteiger partial charge in [-0.25, -0.2) is 4.99 Å². The number of nitrogens with two attached hydrogens (primary N) is 1. The van der Waals surface area contributed by atoms with Crippen molar-refractivity contribution in [1.82, 2.24) is 0 Å². The number of rotatable bonds is 3. The van der Waals surface area contributed by atoms with Crippen molar-refractivity contribution in [2.75, 3.05) is 0 Å². The highest BCUT2D eigenvalue weighted by atomic mass is 16.6. The van der Waals surface area contributed by atoms with E-state index in [0.29, 0.717) is 6.29 Å². The van der Waals surface area contributed by atoms with E-state index in [1.807, 2.05) is 0 Å². The molecule has 0 spiro atoms. The van der Waals surface area contributed by atoms with Gasteiger partial charge in [-0.1, -0.05) is 12.1 Å². The molecule has 0 saturated heterocycles. The summed E-state index contributed by atoms with van der Waals surface area (Å²) in [4.78, 5) is 23.7. The third-order valence-electron chi connectivity index (χ3n) is 1.45. The van der Waals surface area contributed by atoms with E-state index in [2.05, 4.69) is 4.99 Å². The third kappa shape index (κ3) is 2.13. The third-order valence-corrected chi connectivity index (χ3v) is 1.45. The van der Waals surface area contributed by atoms with Gasteiger partial charge >= 0.3 is 0 Å². The molecule has 1 aromatic carbocycles. The summed E-state index contributed by atoms with van der Waals surface area (Å²) in [5.74, 6) is -0.292. The smallest absolute Gasteiger partial charge is 0.294 e. The lowest BCUT2D eigenvalue weighted by molar-refractivity contribution is -0.384. The molecule has 0 aromatic heterocycles. The number of nitro benzene ring substituents is 1. The summed E-state index contributed by atoms with van der Waals surface area (Å²) >= 11 is 0. The number of hydrogen-bond donors (Lipinski definition) is 1. The van der Waals surface area contributed by atoms with Gasteiger partial charge in [-0.05, 0) is 6.07 Å². The highest BCUT2D eigenvalue weighted by molar-refractivity contribution is 6.26. The molecule has 0 saturated carbocycles. The second-order valence-electron chi connectivity index (χ2n) is 2.40. The maximum absolute atomic E-state index is 10.5. The molecule has 0 amide bonds. The van der Waals surface area contributed by atoms with Gasteiger partial charge in [-0.3, -0.25) is 14.9 Å². The molecule has 6 heteroatoms. The highest BCUT2D eigenvalue weighted by Gasteiger charge is 2.11. The topological polar surface area (TPSA) is 98.6 Å². The van der Waals surface area contributed by atoms with Crippen molar-refractivity contribution in [1.29, 1.82) is 0 Å². The standard InChI is InChI=1S/C8H7N3O3/c9-8(5-12)10-6-3-1-2-4-7(6)11(13)14/h1-5H,(H2,9,10). The Balaban J connectivity index is 3.20. The number of aliphatic imine (C=N–C) groups is 1. The number of carbonyl (C=O) groups is 1. The van der Waals surface area contributed by atoms with Crippen molar-refractivity contribution in [3.8, 4) is 0 Å². The fraction of sp³-hybridized carbons (Fsp3) is 0. The lowest BCUT2D eigenvalue weighted by Crippen LogP contribution is -2.11. The summed E-state index contributed by atoms with van der Waals surface area (Å²) < 4.78 is 0. The second kappa shape index (κ2) is 4.13. The Morgan fingerprint density at radius 3 is 2.71 bits per heavy atom. The SMILES string of the molecule is NC(C=O)=Nc1ccccc1[N+](=O)[O-]. The van der Waals surface area contributed by atoms with Crippen LogP contribution < -0.4 is 5.73 Å². The van der Waals surface area contributed by atoms with Crippen LogP contribution in [0.15, 0.2) is 29.3 Å². The molecule has 0 fully saturated rings. The lowest BCUT2D eigenvalue weighted by Gasteiger charge is -1.95. The van der Waals surface area contributed by atoms with Gasteiger partial charge < -0.3 is 5.73 Å². The van der Waals surface area contributed by atoms with E-state index in [1.165, 1.54) is 18.2 Å². The van der Waals surface area contributed by atoms with Gasteiger partial charge in [0.2, 0.25) is 0 Å². The molecule has 0 bridgehead atoms. The Bertz CT molecular complexity index is 401. The van der Waals surface area contributed by atoms with E-state index in [1.54, 1.807) is 6.07 Å². The number of amidine groups is 1. The Hall–Kier alpha value is -2.24. The monoisotopic (exact) mass is 193 g/mol. The first kappa shape index (κ1) is 9.85. The molecule has 0 aliphatic heterocycles. The zero-order chi connectivity index (χ0) is 10.6. The largest absolute Gasteiger partial charge is 0.381 e. The summed E-state index contributed by atoms with van der Waals surface area (Å²) in [6.45, 7) is 0. The van der Waals surface area contributed by atoms with Crippen LogP contribution in [-0.4, -0.2) is 17.0 Å². The van der Waals surface area contributed by atoms with Crippen LogP contribution in [0.5, 0.6) is 0 Å². The van der Waals surface area contributed by atoms with Crippen molar-refractivity contribution >= 4 is 23.5 Å². The highest BCUT2D eigenvalue weighted by Crippen LogP contribution is 2.25. The summed E-state index contributed by atoms with van der Waals surface area (Å²) in [7, 11) is 0. The Labute approximate surface area is 79.2 Å². The van der Waals surface area contributed by atoms with E-state index < -0.39 is 4.92 Å². The van der Waals surface area contributed by atoms with Crippen LogP contribution in [0.25, 0.3) is 0 Å². The van der Waals surface area contributed by atoms with Gasteiger partial charge in [0.15, 0.2) is 12.1 Å². The Morgan fingerprint density at radius 2 is 2.14 bits per heavy atom. The van der Waals surface area contributed by atoms with Crippen LogP contribution >= 0.6 is 0 Å². The van der Waals surface area contributed by atoms with Crippen molar-refractivity contribution in [3.63, 3.8) is 0 Å². The van der Waals surface area contributed by atoms with Crippen LogP contribution in [0.2, 0.25) is 0 Å². The minimum Gasteiger partial charge on any atom is -0.381 e. The molecule has 6 nitrogen and oxygen atoms in total. The van der Waals surface area contributed by atoms with E-state index in [9.17, 15) is 14.9 Å². The van der Waals surface area contributed by atoms with Gasteiger partial charge in [-0.15, -0.1) is 0 Å². The zero-order valence-corrected chi connectivity index (χ0v) is 7.08. The van der Waals surface area contributed by atoms with Gasteiger partial charge in [0, 0.05) is 6.07 Å². The molecular weight excluding hydrogens is 186 g/mol. The molecule has 0 aliphatic rings. The molecular formula is C8H7N3O3. The first-order chi connectivity index (χ1) is 6.65. The fourth-order valence-electron chi connectivity index (χ4n) is 0.879. The van der Waals surface area contributed by atoms with E-state index >= 15 is 0 Å². The summed E-state index contributed by atoms with van der Waals surface area (Å²) in [5.41, 5.74) is 5.02. The number of nitro groups is 1. The van der Waals surface area contributed by atoms with Crippen molar-refractivity contribution < 1.29 is 9.72 Å². The van der Waals surface area contributed by atoms with Crippen LogP contribution in [0.3, 0.4) is 0 Å². The molecule has 0 atom stereocenters. The molecule has 0 radical (unpaired) electrons. The van der Waals surface area contributed by atoms with Gasteiger partial charge in [-0.2, -0.15) is 0 Å². The average molecular weight is 193 g/mol. The van der Waals surface area contributed by atoms with Gasteiger partial charge in [0.05, 0.1) is 4.92 Å².